The molecule has 8 heteroatoms. The summed E-state index contributed by atoms with van der Waals surface area (Å²) in [6.07, 6.45) is 7.90. The van der Waals surface area contributed by atoms with Crippen molar-refractivity contribution in [1.82, 2.24) is 20.5 Å². The van der Waals surface area contributed by atoms with E-state index in [9.17, 15) is 9.59 Å². The summed E-state index contributed by atoms with van der Waals surface area (Å²) in [6, 6.07) is 8.05. The number of H-pyrrole nitrogens is 1. The number of benzene rings is 1. The molecule has 1 unspecified atom stereocenters. The van der Waals surface area contributed by atoms with Gasteiger partial charge in [-0.2, -0.15) is 0 Å². The summed E-state index contributed by atoms with van der Waals surface area (Å²) < 4.78 is 11.5. The van der Waals surface area contributed by atoms with E-state index in [2.05, 4.69) is 20.5 Å². The van der Waals surface area contributed by atoms with Gasteiger partial charge >= 0.3 is 6.09 Å². The number of carbonyl (C=O) groups excluding carboxylic acids is 2. The van der Waals surface area contributed by atoms with Crippen LogP contribution in [-0.4, -0.2) is 72.9 Å². The number of alkyl carbamates (subject to hydrolysis) is 1. The first-order valence-electron chi connectivity index (χ1n) is 14.1. The van der Waals surface area contributed by atoms with Gasteiger partial charge in [-0.05, 0) is 74.3 Å². The van der Waals surface area contributed by atoms with Crippen LogP contribution in [0.4, 0.5) is 4.79 Å². The average molecular weight is 509 g/mol. The quantitative estimate of drug-likeness (QED) is 0.508. The van der Waals surface area contributed by atoms with E-state index in [0.29, 0.717) is 24.8 Å². The van der Waals surface area contributed by atoms with E-state index in [1.807, 2.05) is 37.4 Å². The SMILES string of the molecule is CC(Cc1c[nH]c2ccccc12)(NC(=O)OC1C2CC3CC(C2)CC1C3)C(=O)NCCN1CCOCC1. The highest BCUT2D eigenvalue weighted by molar-refractivity contribution is 5.91. The third-order valence-corrected chi connectivity index (χ3v) is 9.30. The molecule has 1 aromatic carbocycles. The summed E-state index contributed by atoms with van der Waals surface area (Å²) in [7, 11) is 0. The van der Waals surface area contributed by atoms with Crippen molar-refractivity contribution >= 4 is 22.9 Å². The van der Waals surface area contributed by atoms with Crippen LogP contribution in [0, 0.1) is 23.7 Å². The van der Waals surface area contributed by atoms with Crippen molar-refractivity contribution < 1.29 is 19.1 Å². The lowest BCUT2D eigenvalue weighted by molar-refractivity contribution is -0.127. The molecule has 2 aromatic rings. The lowest BCUT2D eigenvalue weighted by atomic mass is 9.55. The Kier molecular flexibility index (Phi) is 6.88. The normalized spacial score (nSPS) is 30.7. The molecule has 4 bridgehead atoms. The number of fused-ring (bicyclic) bond motifs is 1. The molecule has 5 aliphatic rings. The van der Waals surface area contributed by atoms with Gasteiger partial charge in [-0.1, -0.05) is 18.2 Å². The van der Waals surface area contributed by atoms with Gasteiger partial charge in [0.05, 0.1) is 13.2 Å². The van der Waals surface area contributed by atoms with Crippen molar-refractivity contribution in [2.24, 2.45) is 23.7 Å². The Morgan fingerprint density at radius 2 is 1.78 bits per heavy atom. The van der Waals surface area contributed by atoms with Gasteiger partial charge < -0.3 is 25.1 Å². The van der Waals surface area contributed by atoms with E-state index >= 15 is 0 Å². The second-order valence-electron chi connectivity index (χ2n) is 12.0. The van der Waals surface area contributed by atoms with Crippen LogP contribution in [0.2, 0.25) is 0 Å². The number of carbonyl (C=O) groups is 2. The molecular weight excluding hydrogens is 468 g/mol. The Morgan fingerprint density at radius 1 is 1.08 bits per heavy atom. The molecule has 2 amide bonds. The minimum absolute atomic E-state index is 0.0190. The summed E-state index contributed by atoms with van der Waals surface area (Å²) in [6.45, 7) is 6.30. The van der Waals surface area contributed by atoms with E-state index < -0.39 is 11.6 Å². The second-order valence-corrected chi connectivity index (χ2v) is 12.0. The maximum Gasteiger partial charge on any atom is 0.408 e. The summed E-state index contributed by atoms with van der Waals surface area (Å²) in [4.78, 5) is 32.5. The summed E-state index contributed by atoms with van der Waals surface area (Å²) >= 11 is 0. The van der Waals surface area contributed by atoms with Crippen molar-refractivity contribution in [2.75, 3.05) is 39.4 Å². The number of nitrogens with zero attached hydrogens (tertiary/aromatic N) is 1. The number of morpholine rings is 1. The van der Waals surface area contributed by atoms with E-state index in [1.54, 1.807) is 0 Å². The largest absolute Gasteiger partial charge is 0.446 e. The van der Waals surface area contributed by atoms with Gasteiger partial charge in [0.25, 0.3) is 0 Å². The molecule has 7 rings (SSSR count). The van der Waals surface area contributed by atoms with Crippen molar-refractivity contribution in [1.29, 1.82) is 0 Å². The number of hydrogen-bond acceptors (Lipinski definition) is 5. The van der Waals surface area contributed by atoms with Gasteiger partial charge in [0, 0.05) is 49.7 Å². The first-order valence-corrected chi connectivity index (χ1v) is 14.1. The first-order chi connectivity index (χ1) is 18.0. The van der Waals surface area contributed by atoms with Crippen LogP contribution in [0.5, 0.6) is 0 Å². The zero-order valence-electron chi connectivity index (χ0n) is 21.8. The molecule has 1 saturated heterocycles. The molecule has 4 saturated carbocycles. The van der Waals surface area contributed by atoms with E-state index in [4.69, 9.17) is 9.47 Å². The molecule has 0 spiro atoms. The van der Waals surface area contributed by atoms with Crippen molar-refractivity contribution in [3.8, 4) is 0 Å². The van der Waals surface area contributed by atoms with Gasteiger partial charge in [0.15, 0.2) is 0 Å². The molecule has 200 valence electrons. The van der Waals surface area contributed by atoms with Crippen LogP contribution in [0.1, 0.15) is 44.6 Å². The van der Waals surface area contributed by atoms with Gasteiger partial charge in [0.1, 0.15) is 11.6 Å². The Balaban J connectivity index is 1.15. The number of aromatic nitrogens is 1. The minimum Gasteiger partial charge on any atom is -0.446 e. The standard InChI is InChI=1S/C29H40N4O4/c1-29(17-23-18-31-25-5-3-2-4-24(23)25,27(34)30-6-7-33-8-10-36-11-9-33)32-28(35)37-26-21-13-19-12-20(15-21)16-22(26)14-19/h2-5,18-22,26,31H,6-17H2,1H3,(H,30,34)(H,32,35). The minimum atomic E-state index is -1.14. The van der Waals surface area contributed by atoms with Crippen molar-refractivity contribution in [2.45, 2.75) is 57.1 Å². The fraction of sp³-hybridized carbons (Fsp3) is 0.655. The van der Waals surface area contributed by atoms with Crippen LogP contribution in [0.3, 0.4) is 0 Å². The van der Waals surface area contributed by atoms with Crippen LogP contribution in [0.15, 0.2) is 30.5 Å². The number of hydrogen-bond donors (Lipinski definition) is 3. The van der Waals surface area contributed by atoms with Gasteiger partial charge in [-0.15, -0.1) is 0 Å². The third-order valence-electron chi connectivity index (χ3n) is 9.30. The Hall–Kier alpha value is -2.58. The number of amides is 2. The number of aromatic amines is 1. The van der Waals surface area contributed by atoms with Crippen LogP contribution in [-0.2, 0) is 20.7 Å². The van der Waals surface area contributed by atoms with Crippen molar-refractivity contribution in [3.05, 3.63) is 36.0 Å². The smallest absolute Gasteiger partial charge is 0.408 e. The predicted octanol–water partition coefficient (Wildman–Crippen LogP) is 3.47. The monoisotopic (exact) mass is 508 g/mol. The highest BCUT2D eigenvalue weighted by atomic mass is 16.6. The highest BCUT2D eigenvalue weighted by Gasteiger charge is 2.50. The fourth-order valence-electron chi connectivity index (χ4n) is 7.63. The molecule has 3 N–H and O–H groups in total. The van der Waals surface area contributed by atoms with E-state index in [1.165, 1.54) is 32.1 Å². The van der Waals surface area contributed by atoms with Gasteiger partial charge in [-0.25, -0.2) is 4.79 Å². The Labute approximate surface area is 218 Å². The maximum absolute atomic E-state index is 13.6. The van der Waals surface area contributed by atoms with E-state index in [-0.39, 0.29) is 12.0 Å². The summed E-state index contributed by atoms with van der Waals surface area (Å²) in [5.74, 6) is 2.39. The molecule has 2 heterocycles. The second kappa shape index (κ2) is 10.3. The molecular formula is C29H40N4O4. The van der Waals surface area contributed by atoms with E-state index in [0.717, 1.165) is 61.2 Å². The van der Waals surface area contributed by atoms with Crippen LogP contribution in [0.25, 0.3) is 10.9 Å². The topological polar surface area (TPSA) is 95.7 Å². The Morgan fingerprint density at radius 3 is 2.51 bits per heavy atom. The zero-order chi connectivity index (χ0) is 25.4. The predicted molar refractivity (Wildman–Crippen MR) is 141 cm³/mol. The van der Waals surface area contributed by atoms with Gasteiger partial charge in [0.2, 0.25) is 5.91 Å². The molecule has 5 fully saturated rings. The number of rotatable bonds is 8. The number of para-hydroxylation sites is 1. The van der Waals surface area contributed by atoms with Crippen LogP contribution >= 0.6 is 0 Å². The summed E-state index contributed by atoms with van der Waals surface area (Å²) in [5, 5.41) is 7.17. The molecule has 8 nitrogen and oxygen atoms in total. The van der Waals surface area contributed by atoms with Crippen LogP contribution < -0.4 is 10.6 Å². The fourth-order valence-corrected chi connectivity index (χ4v) is 7.63. The molecule has 4 aliphatic carbocycles. The highest BCUT2D eigenvalue weighted by Crippen LogP contribution is 2.54. The molecule has 37 heavy (non-hydrogen) atoms. The lowest BCUT2D eigenvalue weighted by Crippen LogP contribution is -2.60. The molecule has 1 atom stereocenters. The van der Waals surface area contributed by atoms with Gasteiger partial charge in [-0.3, -0.25) is 9.69 Å². The third kappa shape index (κ3) is 5.23. The number of nitrogens with one attached hydrogen (secondary N) is 3. The first kappa shape index (κ1) is 24.7. The Bertz CT molecular complexity index is 1100. The molecule has 0 radical (unpaired) electrons. The lowest BCUT2D eigenvalue weighted by Gasteiger charge is -2.53. The molecule has 1 aliphatic heterocycles. The molecule has 1 aromatic heterocycles. The number of ether oxygens (including phenoxy) is 2. The maximum atomic E-state index is 13.6. The summed E-state index contributed by atoms with van der Waals surface area (Å²) in [5.41, 5.74) is 0.874. The zero-order valence-corrected chi connectivity index (χ0v) is 21.8. The van der Waals surface area contributed by atoms with Crippen molar-refractivity contribution in [3.63, 3.8) is 0 Å². The average Bonchev–Trinajstić information content (AvgIpc) is 3.29.